The van der Waals surface area contributed by atoms with Crippen molar-refractivity contribution in [3.63, 3.8) is 0 Å². The highest BCUT2D eigenvalue weighted by Crippen LogP contribution is 2.15. The van der Waals surface area contributed by atoms with Gasteiger partial charge in [0.05, 0.1) is 6.54 Å². The molecule has 3 rings (SSSR count). The molecular formula is C18H16ClN3O4. The van der Waals surface area contributed by atoms with E-state index in [4.69, 9.17) is 11.6 Å². The summed E-state index contributed by atoms with van der Waals surface area (Å²) in [5.74, 6) is -1.07. The molecular weight excluding hydrogens is 358 g/mol. The molecule has 2 aromatic heterocycles. The summed E-state index contributed by atoms with van der Waals surface area (Å²) in [6.45, 7) is 1.88. The molecule has 0 spiro atoms. The van der Waals surface area contributed by atoms with Crippen LogP contribution in [-0.2, 0) is 11.3 Å². The zero-order valence-electron chi connectivity index (χ0n) is 13.9. The van der Waals surface area contributed by atoms with Gasteiger partial charge < -0.3 is 19.4 Å². The maximum absolute atomic E-state index is 12.7. The average molecular weight is 374 g/mol. The summed E-state index contributed by atoms with van der Waals surface area (Å²) >= 11 is 5.96. The van der Waals surface area contributed by atoms with Gasteiger partial charge in [0.2, 0.25) is 11.3 Å². The second kappa shape index (κ2) is 7.05. The van der Waals surface area contributed by atoms with Crippen molar-refractivity contribution in [2.24, 2.45) is 0 Å². The number of fused-ring (bicyclic) bond motifs is 1. The Balaban J connectivity index is 2.10. The SMILES string of the molecule is CCC(=O)Nc1cn2ccn(Cc3cccc(Cl)c3)c(=O)c2c(O)c1=O. The van der Waals surface area contributed by atoms with Crippen LogP contribution >= 0.6 is 11.6 Å². The topological polar surface area (TPSA) is 92.8 Å². The van der Waals surface area contributed by atoms with Crippen molar-refractivity contribution < 1.29 is 9.90 Å². The van der Waals surface area contributed by atoms with Crippen LogP contribution in [0.15, 0.2) is 52.4 Å². The Morgan fingerprint density at radius 1 is 1.27 bits per heavy atom. The molecule has 1 aromatic carbocycles. The van der Waals surface area contributed by atoms with Gasteiger partial charge in [-0.1, -0.05) is 30.7 Å². The third-order valence-corrected chi connectivity index (χ3v) is 4.15. The number of hydrogen-bond donors (Lipinski definition) is 2. The van der Waals surface area contributed by atoms with Gasteiger partial charge in [0.1, 0.15) is 5.69 Å². The number of benzene rings is 1. The van der Waals surface area contributed by atoms with Gasteiger partial charge in [-0.05, 0) is 17.7 Å². The molecule has 0 aliphatic heterocycles. The number of hydrogen-bond acceptors (Lipinski definition) is 4. The van der Waals surface area contributed by atoms with Crippen molar-refractivity contribution >= 4 is 28.7 Å². The Bertz CT molecular complexity index is 1120. The van der Waals surface area contributed by atoms with Crippen LogP contribution in [0.2, 0.25) is 5.02 Å². The van der Waals surface area contributed by atoms with Crippen LogP contribution in [0.25, 0.3) is 5.52 Å². The van der Waals surface area contributed by atoms with Gasteiger partial charge in [0, 0.05) is 30.0 Å². The van der Waals surface area contributed by atoms with E-state index in [1.54, 1.807) is 25.1 Å². The Morgan fingerprint density at radius 3 is 2.73 bits per heavy atom. The molecule has 0 unspecified atom stereocenters. The maximum Gasteiger partial charge on any atom is 0.279 e. The average Bonchev–Trinajstić information content (AvgIpc) is 2.61. The molecule has 0 aliphatic carbocycles. The lowest BCUT2D eigenvalue weighted by Gasteiger charge is -2.11. The van der Waals surface area contributed by atoms with E-state index in [0.29, 0.717) is 5.02 Å². The van der Waals surface area contributed by atoms with Gasteiger partial charge >= 0.3 is 0 Å². The van der Waals surface area contributed by atoms with Crippen molar-refractivity contribution in [1.82, 2.24) is 8.97 Å². The number of rotatable bonds is 4. The van der Waals surface area contributed by atoms with Gasteiger partial charge in [-0.3, -0.25) is 14.4 Å². The number of carbonyl (C=O) groups is 1. The molecule has 7 nitrogen and oxygen atoms in total. The largest absolute Gasteiger partial charge is 0.502 e. The lowest BCUT2D eigenvalue weighted by molar-refractivity contribution is -0.115. The van der Waals surface area contributed by atoms with E-state index >= 15 is 0 Å². The van der Waals surface area contributed by atoms with Crippen molar-refractivity contribution in [2.45, 2.75) is 19.9 Å². The first-order chi connectivity index (χ1) is 12.4. The summed E-state index contributed by atoms with van der Waals surface area (Å²) in [5, 5.41) is 13.2. The Morgan fingerprint density at radius 2 is 2.04 bits per heavy atom. The molecule has 1 amide bonds. The Kier molecular flexibility index (Phi) is 4.81. The number of amides is 1. The van der Waals surface area contributed by atoms with Gasteiger partial charge in [-0.2, -0.15) is 0 Å². The predicted octanol–water partition coefficient (Wildman–Crippen LogP) is 2.22. The summed E-state index contributed by atoms with van der Waals surface area (Å²) in [5.41, 5.74) is -0.773. The first kappa shape index (κ1) is 17.8. The summed E-state index contributed by atoms with van der Waals surface area (Å²) in [6.07, 6.45) is 4.56. The molecule has 8 heteroatoms. The normalized spacial score (nSPS) is 10.8. The highest BCUT2D eigenvalue weighted by atomic mass is 35.5. The lowest BCUT2D eigenvalue weighted by atomic mass is 10.2. The molecule has 0 fully saturated rings. The first-order valence-corrected chi connectivity index (χ1v) is 8.30. The highest BCUT2D eigenvalue weighted by molar-refractivity contribution is 6.30. The van der Waals surface area contributed by atoms with Crippen molar-refractivity contribution in [1.29, 1.82) is 0 Å². The number of nitrogens with one attached hydrogen (secondary N) is 1. The van der Waals surface area contributed by atoms with Gasteiger partial charge in [0.25, 0.3) is 5.56 Å². The number of aromatic hydroxyl groups is 1. The summed E-state index contributed by atoms with van der Waals surface area (Å²) < 4.78 is 2.68. The van der Waals surface area contributed by atoms with Crippen molar-refractivity contribution in [3.05, 3.63) is 74.0 Å². The molecule has 0 atom stereocenters. The minimum Gasteiger partial charge on any atom is -0.502 e. The zero-order valence-corrected chi connectivity index (χ0v) is 14.7. The van der Waals surface area contributed by atoms with Gasteiger partial charge in [0.15, 0.2) is 11.3 Å². The van der Waals surface area contributed by atoms with Crippen LogP contribution in [0.5, 0.6) is 5.75 Å². The number of anilines is 1. The second-order valence-corrected chi connectivity index (χ2v) is 6.18. The zero-order chi connectivity index (χ0) is 18.8. The van der Waals surface area contributed by atoms with Crippen molar-refractivity contribution in [2.75, 3.05) is 5.32 Å². The van der Waals surface area contributed by atoms with Crippen LogP contribution in [0.3, 0.4) is 0 Å². The maximum atomic E-state index is 12.7. The smallest absolute Gasteiger partial charge is 0.279 e. The number of nitrogens with zero attached hydrogens (tertiary/aromatic N) is 2. The van der Waals surface area contributed by atoms with E-state index in [1.807, 2.05) is 6.07 Å². The summed E-state index contributed by atoms with van der Waals surface area (Å²) in [4.78, 5) is 36.5. The van der Waals surface area contributed by atoms with Crippen LogP contribution in [0.1, 0.15) is 18.9 Å². The van der Waals surface area contributed by atoms with Crippen LogP contribution in [-0.4, -0.2) is 20.0 Å². The second-order valence-electron chi connectivity index (χ2n) is 5.74. The molecule has 0 aliphatic rings. The fourth-order valence-electron chi connectivity index (χ4n) is 2.59. The van der Waals surface area contributed by atoms with Gasteiger partial charge in [-0.25, -0.2) is 0 Å². The monoisotopic (exact) mass is 373 g/mol. The number of pyridine rings is 1. The van der Waals surface area contributed by atoms with Crippen LogP contribution in [0, 0.1) is 0 Å². The number of carbonyl (C=O) groups excluding carboxylic acids is 1. The first-order valence-electron chi connectivity index (χ1n) is 7.92. The number of halogens is 1. The quantitative estimate of drug-likeness (QED) is 0.733. The standard InChI is InChI=1S/C18H16ClN3O4/c1-2-14(23)20-13-10-21-6-7-22(9-11-4-3-5-12(19)8-11)18(26)15(21)17(25)16(13)24/h3-8,10,25H,2,9H2,1H3,(H,20,23). The lowest BCUT2D eigenvalue weighted by Crippen LogP contribution is -2.26. The molecule has 2 N–H and O–H groups in total. The van der Waals surface area contributed by atoms with E-state index in [2.05, 4.69) is 5.32 Å². The Labute approximate surface area is 153 Å². The number of aromatic nitrogens is 2. The molecule has 0 radical (unpaired) electrons. The van der Waals surface area contributed by atoms with E-state index in [0.717, 1.165) is 5.56 Å². The minimum absolute atomic E-state index is 0.0844. The van der Waals surface area contributed by atoms with E-state index in [9.17, 15) is 19.5 Å². The molecule has 0 saturated heterocycles. The van der Waals surface area contributed by atoms with Crippen LogP contribution < -0.4 is 16.3 Å². The van der Waals surface area contributed by atoms with Gasteiger partial charge in [-0.15, -0.1) is 0 Å². The third-order valence-electron chi connectivity index (χ3n) is 3.92. The summed E-state index contributed by atoms with van der Waals surface area (Å²) in [6, 6.07) is 7.05. The summed E-state index contributed by atoms with van der Waals surface area (Å²) in [7, 11) is 0. The fraction of sp³-hybridized carbons (Fsp3) is 0.167. The molecule has 26 heavy (non-hydrogen) atoms. The molecule has 0 bridgehead atoms. The van der Waals surface area contributed by atoms with E-state index < -0.39 is 16.7 Å². The van der Waals surface area contributed by atoms with Crippen molar-refractivity contribution in [3.8, 4) is 5.75 Å². The minimum atomic E-state index is -0.801. The molecule has 0 saturated carbocycles. The van der Waals surface area contributed by atoms with E-state index in [-0.39, 0.29) is 30.1 Å². The third kappa shape index (κ3) is 3.34. The molecule has 2 heterocycles. The molecule has 134 valence electrons. The van der Waals surface area contributed by atoms with E-state index in [1.165, 1.54) is 27.6 Å². The fourth-order valence-corrected chi connectivity index (χ4v) is 2.80. The highest BCUT2D eigenvalue weighted by Gasteiger charge is 2.15. The Hall–Kier alpha value is -3.06. The van der Waals surface area contributed by atoms with Crippen LogP contribution in [0.4, 0.5) is 5.69 Å². The predicted molar refractivity (Wildman–Crippen MR) is 99.1 cm³/mol. The molecule has 3 aromatic rings.